The monoisotopic (exact) mass is 335 g/mol. The molecule has 4 heteroatoms. The average molecular weight is 335 g/mol. The maximum atomic E-state index is 11.9. The van der Waals surface area contributed by atoms with Crippen LogP contribution in [0.15, 0.2) is 0 Å². The summed E-state index contributed by atoms with van der Waals surface area (Å²) in [7, 11) is 0. The third kappa shape index (κ3) is 4.20. The molecule has 1 aliphatic rings. The van der Waals surface area contributed by atoms with Gasteiger partial charge in [0.2, 0.25) is 0 Å². The zero-order valence-electron chi connectivity index (χ0n) is 10.0. The average Bonchev–Trinajstić information content (AvgIpc) is 2.16. The first-order valence-electron chi connectivity index (χ1n) is 5.55. The minimum absolute atomic E-state index is 0.0282. The summed E-state index contributed by atoms with van der Waals surface area (Å²) < 4.78 is 8.23. The van der Waals surface area contributed by atoms with Gasteiger partial charge in [-0.1, -0.05) is 5.92 Å². The first-order chi connectivity index (χ1) is 7.44. The van der Waals surface area contributed by atoms with Crippen molar-refractivity contribution in [2.75, 3.05) is 6.54 Å². The van der Waals surface area contributed by atoms with Gasteiger partial charge in [0, 0.05) is 29.1 Å². The molecule has 1 unspecified atom stereocenters. The van der Waals surface area contributed by atoms with Crippen LogP contribution >= 0.6 is 22.6 Å². The van der Waals surface area contributed by atoms with Crippen LogP contribution in [0.2, 0.25) is 0 Å². The number of carbonyl (C=O) groups excluding carboxylic acids is 1. The summed E-state index contributed by atoms with van der Waals surface area (Å²) in [6, 6.07) is 0.0282. The molecule has 0 aromatic heterocycles. The number of amides is 1. The van der Waals surface area contributed by atoms with Crippen LogP contribution in [0.3, 0.4) is 0 Å². The number of ether oxygens (including phenoxy) is 1. The maximum absolute atomic E-state index is 11.9. The molecule has 0 aromatic carbocycles. The number of carbonyl (C=O) groups is 1. The van der Waals surface area contributed by atoms with Crippen molar-refractivity contribution in [1.82, 2.24) is 4.90 Å². The topological polar surface area (TPSA) is 29.5 Å². The van der Waals surface area contributed by atoms with Gasteiger partial charge in [0.15, 0.2) is 0 Å². The molecule has 1 fully saturated rings. The van der Waals surface area contributed by atoms with Gasteiger partial charge in [-0.05, 0) is 44.0 Å². The number of likely N-dealkylation sites (tertiary alicyclic amines) is 1. The van der Waals surface area contributed by atoms with Crippen LogP contribution in [-0.4, -0.2) is 29.2 Å². The fourth-order valence-corrected chi connectivity index (χ4v) is 2.04. The Morgan fingerprint density at radius 2 is 2.12 bits per heavy atom. The lowest BCUT2D eigenvalue weighted by molar-refractivity contribution is 0.0158. The Kier molecular flexibility index (Phi) is 4.90. The van der Waals surface area contributed by atoms with E-state index in [1.165, 1.54) is 0 Å². The highest BCUT2D eigenvalue weighted by molar-refractivity contribution is 14.1. The summed E-state index contributed by atoms with van der Waals surface area (Å²) in [6.07, 6.45) is 2.89. The first-order valence-corrected chi connectivity index (χ1v) is 6.63. The molecular weight excluding hydrogens is 317 g/mol. The molecule has 0 saturated carbocycles. The van der Waals surface area contributed by atoms with Gasteiger partial charge in [-0.25, -0.2) is 4.79 Å². The minimum atomic E-state index is -0.434. The summed E-state index contributed by atoms with van der Waals surface area (Å²) >= 11 is 2.01. The Labute approximate surface area is 111 Å². The lowest BCUT2D eigenvalue weighted by Gasteiger charge is -2.34. The van der Waals surface area contributed by atoms with Crippen molar-refractivity contribution in [3.8, 4) is 9.85 Å². The van der Waals surface area contributed by atoms with Crippen LogP contribution in [0.1, 0.15) is 40.0 Å². The molecule has 0 bridgehead atoms. The van der Waals surface area contributed by atoms with Gasteiger partial charge < -0.3 is 4.74 Å². The van der Waals surface area contributed by atoms with Crippen molar-refractivity contribution < 1.29 is 9.53 Å². The van der Waals surface area contributed by atoms with E-state index in [4.69, 9.17) is 4.74 Å². The lowest BCUT2D eigenvalue weighted by atomic mass is 10.0. The summed E-state index contributed by atoms with van der Waals surface area (Å²) in [4.78, 5) is 13.7. The van der Waals surface area contributed by atoms with Gasteiger partial charge in [-0.15, -0.1) is 0 Å². The molecule has 3 nitrogen and oxygen atoms in total. The number of nitrogens with zero attached hydrogens (tertiary/aromatic N) is 1. The Morgan fingerprint density at radius 3 is 2.69 bits per heavy atom. The summed E-state index contributed by atoms with van der Waals surface area (Å²) in [5, 5.41) is 0. The van der Waals surface area contributed by atoms with E-state index in [1.54, 1.807) is 4.90 Å². The molecule has 0 radical (unpaired) electrons. The van der Waals surface area contributed by atoms with Crippen molar-refractivity contribution in [1.29, 1.82) is 0 Å². The smallest absolute Gasteiger partial charge is 0.411 e. The second kappa shape index (κ2) is 5.76. The second-order valence-electron chi connectivity index (χ2n) is 4.92. The van der Waals surface area contributed by atoms with E-state index in [2.05, 4.69) is 9.85 Å². The number of rotatable bonds is 0. The largest absolute Gasteiger partial charge is 0.444 e. The summed E-state index contributed by atoms with van der Waals surface area (Å²) in [6.45, 7) is 6.40. The molecule has 1 amide bonds. The van der Waals surface area contributed by atoms with Crippen molar-refractivity contribution in [3.05, 3.63) is 0 Å². The number of hydrogen-bond donors (Lipinski definition) is 0. The van der Waals surface area contributed by atoms with Gasteiger partial charge >= 0.3 is 6.09 Å². The SMILES string of the molecule is CC(C)(C)OC(=O)N1CCCCC1C#CI. The van der Waals surface area contributed by atoms with Crippen molar-refractivity contribution in [2.45, 2.75) is 51.7 Å². The molecule has 16 heavy (non-hydrogen) atoms. The van der Waals surface area contributed by atoms with Crippen LogP contribution in [0.25, 0.3) is 0 Å². The minimum Gasteiger partial charge on any atom is -0.444 e. The highest BCUT2D eigenvalue weighted by atomic mass is 127. The maximum Gasteiger partial charge on any atom is 0.411 e. The summed E-state index contributed by atoms with van der Waals surface area (Å²) in [5.74, 6) is 3.06. The molecule has 1 saturated heterocycles. The van der Waals surface area contributed by atoms with Crippen LogP contribution in [-0.2, 0) is 4.74 Å². The van der Waals surface area contributed by atoms with E-state index in [-0.39, 0.29) is 12.1 Å². The Hall–Kier alpha value is -0.440. The molecule has 1 atom stereocenters. The molecule has 0 aliphatic carbocycles. The van der Waals surface area contributed by atoms with Gasteiger partial charge in [0.25, 0.3) is 0 Å². The van der Waals surface area contributed by atoms with Crippen LogP contribution in [0.4, 0.5) is 4.79 Å². The second-order valence-corrected chi connectivity index (χ2v) is 5.46. The van der Waals surface area contributed by atoms with E-state index in [0.717, 1.165) is 25.8 Å². The first kappa shape index (κ1) is 13.6. The Morgan fingerprint density at radius 1 is 1.44 bits per heavy atom. The summed E-state index contributed by atoms with van der Waals surface area (Å²) in [5.41, 5.74) is -0.434. The molecule has 0 spiro atoms. The molecular formula is C12H18INO2. The zero-order chi connectivity index (χ0) is 12.2. The number of piperidine rings is 1. The van der Waals surface area contributed by atoms with Gasteiger partial charge in [0.1, 0.15) is 5.60 Å². The predicted molar refractivity (Wildman–Crippen MR) is 72.4 cm³/mol. The molecule has 1 aliphatic heterocycles. The van der Waals surface area contributed by atoms with Gasteiger partial charge in [-0.3, -0.25) is 4.90 Å². The number of halogens is 1. The molecule has 1 rings (SSSR count). The number of hydrogen-bond acceptors (Lipinski definition) is 2. The van der Waals surface area contributed by atoms with Crippen molar-refractivity contribution in [2.24, 2.45) is 0 Å². The molecule has 90 valence electrons. The van der Waals surface area contributed by atoms with Gasteiger partial charge in [0.05, 0.1) is 6.04 Å². The zero-order valence-corrected chi connectivity index (χ0v) is 12.2. The Bertz CT molecular complexity index is 311. The van der Waals surface area contributed by atoms with Crippen LogP contribution < -0.4 is 0 Å². The molecule has 0 N–H and O–H groups in total. The molecule has 1 heterocycles. The third-order valence-electron chi connectivity index (χ3n) is 2.35. The fourth-order valence-electron chi connectivity index (χ4n) is 1.68. The fraction of sp³-hybridized carbons (Fsp3) is 0.750. The van der Waals surface area contributed by atoms with E-state index < -0.39 is 5.60 Å². The normalized spacial score (nSPS) is 21.0. The van der Waals surface area contributed by atoms with E-state index in [9.17, 15) is 4.79 Å². The highest BCUT2D eigenvalue weighted by Crippen LogP contribution is 2.19. The van der Waals surface area contributed by atoms with Crippen LogP contribution in [0.5, 0.6) is 0 Å². The highest BCUT2D eigenvalue weighted by Gasteiger charge is 2.29. The molecule has 0 aromatic rings. The Balaban J connectivity index is 2.67. The predicted octanol–water partition coefficient (Wildman–Crippen LogP) is 3.17. The van der Waals surface area contributed by atoms with Gasteiger partial charge in [-0.2, -0.15) is 0 Å². The van der Waals surface area contributed by atoms with Crippen LogP contribution in [0, 0.1) is 9.85 Å². The van der Waals surface area contributed by atoms with Crippen molar-refractivity contribution >= 4 is 28.7 Å². The quantitative estimate of drug-likeness (QED) is 0.503. The standard InChI is InChI=1S/C12H18INO2/c1-12(2,3)16-11(15)14-9-5-4-6-10(14)7-8-13/h10H,4-6,9H2,1-3H3. The van der Waals surface area contributed by atoms with E-state index in [0.29, 0.717) is 0 Å². The van der Waals surface area contributed by atoms with E-state index in [1.807, 2.05) is 43.4 Å². The third-order valence-corrected chi connectivity index (χ3v) is 2.66. The van der Waals surface area contributed by atoms with E-state index >= 15 is 0 Å². The lowest BCUT2D eigenvalue weighted by Crippen LogP contribution is -2.45. The van der Waals surface area contributed by atoms with Crippen molar-refractivity contribution in [3.63, 3.8) is 0 Å².